The van der Waals surface area contributed by atoms with Gasteiger partial charge in [-0.1, -0.05) is 0 Å². The zero-order chi connectivity index (χ0) is 12.3. The van der Waals surface area contributed by atoms with E-state index >= 15 is 0 Å². The van der Waals surface area contributed by atoms with E-state index in [0.29, 0.717) is 14.6 Å². The highest BCUT2D eigenvalue weighted by Crippen LogP contribution is 2.34. The van der Waals surface area contributed by atoms with Crippen LogP contribution in [0.5, 0.6) is 0 Å². The molecule has 0 amide bonds. The summed E-state index contributed by atoms with van der Waals surface area (Å²) in [6.07, 6.45) is 0. The highest BCUT2D eigenvalue weighted by molar-refractivity contribution is 9.11. The number of hydrogen-bond donors (Lipinski definition) is 3. The highest BCUT2D eigenvalue weighted by atomic mass is 79.9. The van der Waals surface area contributed by atoms with Crippen LogP contribution in [-0.2, 0) is 0 Å². The Morgan fingerprint density at radius 3 is 2.06 bits per heavy atom. The standard InChI is InChI=1S/C8H8Br2FN5/c9-4-1-3(11)2-5(10)6(4)15-8(14)16-7(12)13/h1-2H,(H6,12,13,14,15,16). The van der Waals surface area contributed by atoms with Crippen molar-refractivity contribution in [1.29, 1.82) is 0 Å². The molecule has 0 unspecified atom stereocenters. The lowest BCUT2D eigenvalue weighted by atomic mass is 10.3. The van der Waals surface area contributed by atoms with E-state index in [4.69, 9.17) is 17.2 Å². The third-order valence-corrected chi connectivity index (χ3v) is 2.66. The Morgan fingerprint density at radius 2 is 1.62 bits per heavy atom. The number of aliphatic imine (C=N–C) groups is 2. The predicted octanol–water partition coefficient (Wildman–Crippen LogP) is 1.57. The van der Waals surface area contributed by atoms with Crippen molar-refractivity contribution in [1.82, 2.24) is 0 Å². The molecule has 86 valence electrons. The number of halogens is 3. The molecule has 0 spiro atoms. The molecule has 0 radical (unpaired) electrons. The molecule has 16 heavy (non-hydrogen) atoms. The van der Waals surface area contributed by atoms with Crippen LogP contribution < -0.4 is 17.2 Å². The number of hydrogen-bond acceptors (Lipinski definition) is 1. The van der Waals surface area contributed by atoms with Crippen LogP contribution in [0.3, 0.4) is 0 Å². The minimum Gasteiger partial charge on any atom is -0.370 e. The third kappa shape index (κ3) is 3.46. The molecule has 0 fully saturated rings. The van der Waals surface area contributed by atoms with Crippen molar-refractivity contribution in [3.63, 3.8) is 0 Å². The van der Waals surface area contributed by atoms with E-state index in [2.05, 4.69) is 41.8 Å². The van der Waals surface area contributed by atoms with Gasteiger partial charge < -0.3 is 17.2 Å². The van der Waals surface area contributed by atoms with Crippen LogP contribution in [0.25, 0.3) is 0 Å². The summed E-state index contributed by atoms with van der Waals surface area (Å²) < 4.78 is 13.8. The molecule has 0 atom stereocenters. The molecule has 0 saturated heterocycles. The second kappa shape index (κ2) is 5.26. The van der Waals surface area contributed by atoms with Gasteiger partial charge in [0, 0.05) is 8.95 Å². The first-order chi connectivity index (χ1) is 7.40. The van der Waals surface area contributed by atoms with Crippen molar-refractivity contribution in [3.05, 3.63) is 26.9 Å². The summed E-state index contributed by atoms with van der Waals surface area (Å²) in [6, 6.07) is 2.51. The van der Waals surface area contributed by atoms with Gasteiger partial charge in [-0.25, -0.2) is 9.38 Å². The van der Waals surface area contributed by atoms with Crippen LogP contribution in [0.2, 0.25) is 0 Å². The maximum Gasteiger partial charge on any atom is 0.223 e. The lowest BCUT2D eigenvalue weighted by Crippen LogP contribution is -2.26. The second-order valence-corrected chi connectivity index (χ2v) is 4.43. The zero-order valence-electron chi connectivity index (χ0n) is 7.92. The fraction of sp³-hybridized carbons (Fsp3) is 0. The third-order valence-electron chi connectivity index (χ3n) is 1.45. The quantitative estimate of drug-likeness (QED) is 0.528. The normalized spacial score (nSPS) is 11.3. The Kier molecular flexibility index (Phi) is 4.25. The van der Waals surface area contributed by atoms with E-state index in [1.165, 1.54) is 12.1 Å². The van der Waals surface area contributed by atoms with Crippen molar-refractivity contribution in [2.75, 3.05) is 0 Å². The predicted molar refractivity (Wildman–Crippen MR) is 68.9 cm³/mol. The van der Waals surface area contributed by atoms with E-state index in [1.54, 1.807) is 0 Å². The first-order valence-corrected chi connectivity index (χ1v) is 5.57. The van der Waals surface area contributed by atoms with Gasteiger partial charge in [-0.3, -0.25) is 0 Å². The van der Waals surface area contributed by atoms with Crippen molar-refractivity contribution >= 4 is 49.5 Å². The van der Waals surface area contributed by atoms with Gasteiger partial charge in [0.05, 0.1) is 5.69 Å². The number of nitrogens with two attached hydrogens (primary N) is 3. The summed E-state index contributed by atoms with van der Waals surface area (Å²) in [5.74, 6) is -0.721. The average molecular weight is 353 g/mol. The molecule has 0 saturated carbocycles. The summed E-state index contributed by atoms with van der Waals surface area (Å²) in [7, 11) is 0. The Morgan fingerprint density at radius 1 is 1.12 bits per heavy atom. The largest absolute Gasteiger partial charge is 0.370 e. The van der Waals surface area contributed by atoms with Gasteiger partial charge in [0.25, 0.3) is 0 Å². The smallest absolute Gasteiger partial charge is 0.223 e. The van der Waals surface area contributed by atoms with Gasteiger partial charge in [0.15, 0.2) is 5.96 Å². The van der Waals surface area contributed by atoms with Gasteiger partial charge in [-0.2, -0.15) is 4.99 Å². The first kappa shape index (κ1) is 12.9. The van der Waals surface area contributed by atoms with Crippen LogP contribution in [-0.4, -0.2) is 11.9 Å². The molecular weight excluding hydrogens is 345 g/mol. The van der Waals surface area contributed by atoms with Crippen LogP contribution in [0, 0.1) is 5.82 Å². The van der Waals surface area contributed by atoms with E-state index in [9.17, 15) is 4.39 Å². The molecule has 1 aromatic rings. The van der Waals surface area contributed by atoms with E-state index in [0.717, 1.165) is 0 Å². The fourth-order valence-corrected chi connectivity index (χ4v) is 2.22. The van der Waals surface area contributed by atoms with Gasteiger partial charge in [-0.05, 0) is 44.0 Å². The summed E-state index contributed by atoms with van der Waals surface area (Å²) in [5, 5.41) is 0. The van der Waals surface area contributed by atoms with Gasteiger partial charge in [0.2, 0.25) is 5.96 Å². The molecule has 6 N–H and O–H groups in total. The Balaban J connectivity index is 3.20. The number of guanidine groups is 2. The molecule has 1 rings (SSSR count). The molecule has 0 aliphatic carbocycles. The second-order valence-electron chi connectivity index (χ2n) is 2.72. The lowest BCUT2D eigenvalue weighted by Gasteiger charge is -2.02. The van der Waals surface area contributed by atoms with Gasteiger partial charge >= 0.3 is 0 Å². The van der Waals surface area contributed by atoms with Crippen molar-refractivity contribution < 1.29 is 4.39 Å². The van der Waals surface area contributed by atoms with Crippen molar-refractivity contribution in [2.45, 2.75) is 0 Å². The highest BCUT2D eigenvalue weighted by Gasteiger charge is 2.07. The molecule has 0 aromatic heterocycles. The maximum absolute atomic E-state index is 12.9. The molecule has 0 bridgehead atoms. The van der Waals surface area contributed by atoms with Crippen LogP contribution in [0.4, 0.5) is 10.1 Å². The fourth-order valence-electron chi connectivity index (χ4n) is 0.913. The van der Waals surface area contributed by atoms with Gasteiger partial charge in [-0.15, -0.1) is 0 Å². The Labute approximate surface area is 108 Å². The maximum atomic E-state index is 12.9. The van der Waals surface area contributed by atoms with Crippen LogP contribution in [0.15, 0.2) is 31.1 Å². The number of benzene rings is 1. The van der Waals surface area contributed by atoms with E-state index < -0.39 is 5.82 Å². The zero-order valence-corrected chi connectivity index (χ0v) is 11.1. The average Bonchev–Trinajstić information content (AvgIpc) is 2.09. The summed E-state index contributed by atoms with van der Waals surface area (Å²) >= 11 is 6.30. The summed E-state index contributed by atoms with van der Waals surface area (Å²) in [5.41, 5.74) is 16.1. The molecule has 5 nitrogen and oxygen atoms in total. The summed E-state index contributed by atoms with van der Waals surface area (Å²) in [6.45, 7) is 0. The number of nitrogens with zero attached hydrogens (tertiary/aromatic N) is 2. The Hall–Kier alpha value is -1.15. The molecule has 8 heteroatoms. The molecule has 0 aliphatic heterocycles. The first-order valence-electron chi connectivity index (χ1n) is 3.98. The van der Waals surface area contributed by atoms with Gasteiger partial charge in [0.1, 0.15) is 5.82 Å². The lowest BCUT2D eigenvalue weighted by molar-refractivity contribution is 0.626. The van der Waals surface area contributed by atoms with Crippen molar-refractivity contribution in [2.24, 2.45) is 27.2 Å². The monoisotopic (exact) mass is 351 g/mol. The number of rotatable bonds is 1. The van der Waals surface area contributed by atoms with Crippen LogP contribution >= 0.6 is 31.9 Å². The molecule has 0 heterocycles. The molecule has 1 aromatic carbocycles. The minimum atomic E-state index is -0.405. The minimum absolute atomic E-state index is 0.118. The van der Waals surface area contributed by atoms with E-state index in [1.807, 2.05) is 0 Å². The van der Waals surface area contributed by atoms with Crippen molar-refractivity contribution in [3.8, 4) is 0 Å². The van der Waals surface area contributed by atoms with Crippen LogP contribution in [0.1, 0.15) is 0 Å². The van der Waals surface area contributed by atoms with E-state index in [-0.39, 0.29) is 11.9 Å². The topological polar surface area (TPSA) is 103 Å². The SMILES string of the molecule is NC(N)=NC(N)=Nc1c(Br)cc(F)cc1Br. The summed E-state index contributed by atoms with van der Waals surface area (Å²) in [4.78, 5) is 7.47. The molecule has 0 aliphatic rings. The Bertz CT molecular complexity index is 444. The molecular formula is C8H8Br2FN5.